The molecule has 0 aliphatic heterocycles. The lowest BCUT2D eigenvalue weighted by Crippen LogP contribution is -2.20. The van der Waals surface area contributed by atoms with Crippen molar-refractivity contribution in [3.05, 3.63) is 114 Å². The number of aryl methyl sites for hydroxylation is 1. The van der Waals surface area contributed by atoms with Crippen molar-refractivity contribution in [3.63, 3.8) is 0 Å². The summed E-state index contributed by atoms with van der Waals surface area (Å²) in [5.41, 5.74) is 4.15. The van der Waals surface area contributed by atoms with E-state index in [-0.39, 0.29) is 12.5 Å². The number of carbonyl (C=O) groups is 1. The van der Waals surface area contributed by atoms with E-state index in [2.05, 4.69) is 27.0 Å². The maximum Gasteiger partial charge on any atom is 0.262 e. The zero-order chi connectivity index (χ0) is 21.5. The van der Waals surface area contributed by atoms with E-state index in [9.17, 15) is 4.79 Å². The van der Waals surface area contributed by atoms with Gasteiger partial charge in [-0.05, 0) is 41.8 Å². The van der Waals surface area contributed by atoms with Crippen LogP contribution in [0.5, 0.6) is 5.75 Å². The highest BCUT2D eigenvalue weighted by Crippen LogP contribution is 2.21. The van der Waals surface area contributed by atoms with Crippen LogP contribution in [-0.2, 0) is 17.8 Å². The number of aromatic nitrogens is 2. The minimum absolute atomic E-state index is 0.0399. The molecule has 0 saturated heterocycles. The highest BCUT2D eigenvalue weighted by molar-refractivity contribution is 5.91. The molecule has 1 amide bonds. The number of hydrogen-bond acceptors (Lipinski definition) is 3. The van der Waals surface area contributed by atoms with Crippen molar-refractivity contribution in [3.8, 4) is 5.75 Å². The van der Waals surface area contributed by atoms with Gasteiger partial charge in [-0.2, -0.15) is 0 Å². The molecule has 0 aliphatic carbocycles. The number of anilines is 1. The highest BCUT2D eigenvalue weighted by atomic mass is 16.5. The smallest absolute Gasteiger partial charge is 0.262 e. The number of nitrogens with zero attached hydrogens (tertiary/aromatic N) is 2. The van der Waals surface area contributed by atoms with Crippen LogP contribution in [0.15, 0.2) is 91.3 Å². The van der Waals surface area contributed by atoms with Crippen LogP contribution < -0.4 is 10.1 Å². The topological polar surface area (TPSA) is 56.2 Å². The number of amides is 1. The number of benzene rings is 3. The van der Waals surface area contributed by atoms with Gasteiger partial charge in [0.15, 0.2) is 6.61 Å². The van der Waals surface area contributed by atoms with Crippen molar-refractivity contribution in [1.82, 2.24) is 9.55 Å². The van der Waals surface area contributed by atoms with Crippen molar-refractivity contribution in [2.75, 3.05) is 11.9 Å². The van der Waals surface area contributed by atoms with Gasteiger partial charge in [0.1, 0.15) is 11.6 Å². The number of ether oxygens (including phenoxy) is 1. The van der Waals surface area contributed by atoms with Crippen molar-refractivity contribution >= 4 is 11.6 Å². The van der Waals surface area contributed by atoms with Crippen LogP contribution >= 0.6 is 0 Å². The minimum Gasteiger partial charge on any atom is -0.483 e. The third-order valence-electron chi connectivity index (χ3n) is 5.08. The van der Waals surface area contributed by atoms with Gasteiger partial charge in [-0.1, -0.05) is 60.7 Å². The molecule has 3 aromatic carbocycles. The molecule has 4 rings (SSSR count). The second kappa shape index (κ2) is 9.76. The maximum atomic E-state index is 12.4. The summed E-state index contributed by atoms with van der Waals surface area (Å²) in [5, 5.41) is 2.90. The number of para-hydroxylation sites is 1. The fourth-order valence-electron chi connectivity index (χ4n) is 3.41. The number of carbonyl (C=O) groups excluding carboxylic acids is 1. The Bertz CT molecular complexity index is 1130. The van der Waals surface area contributed by atoms with E-state index in [1.807, 2.05) is 79.9 Å². The minimum atomic E-state index is -0.187. The van der Waals surface area contributed by atoms with Gasteiger partial charge in [0.2, 0.25) is 0 Å². The molecule has 31 heavy (non-hydrogen) atoms. The number of nitrogens with one attached hydrogen (secondary N) is 1. The molecule has 1 N–H and O–H groups in total. The molecule has 4 aromatic rings. The van der Waals surface area contributed by atoms with Gasteiger partial charge in [0.25, 0.3) is 5.91 Å². The van der Waals surface area contributed by atoms with Crippen LogP contribution in [0.3, 0.4) is 0 Å². The molecule has 156 valence electrons. The van der Waals surface area contributed by atoms with Crippen molar-refractivity contribution in [1.29, 1.82) is 0 Å². The molecule has 0 bridgehead atoms. The molecule has 0 atom stereocenters. The normalized spacial score (nSPS) is 10.6. The van der Waals surface area contributed by atoms with Gasteiger partial charge >= 0.3 is 0 Å². The first-order valence-electron chi connectivity index (χ1n) is 10.3. The van der Waals surface area contributed by atoms with Crippen LogP contribution in [0.25, 0.3) is 0 Å². The zero-order valence-electron chi connectivity index (χ0n) is 17.5. The van der Waals surface area contributed by atoms with E-state index in [1.165, 1.54) is 5.56 Å². The third-order valence-corrected chi connectivity index (χ3v) is 5.08. The van der Waals surface area contributed by atoms with Gasteiger partial charge in [-0.25, -0.2) is 4.98 Å². The van der Waals surface area contributed by atoms with Crippen molar-refractivity contribution in [2.45, 2.75) is 19.9 Å². The van der Waals surface area contributed by atoms with Crippen LogP contribution in [0.1, 0.15) is 22.5 Å². The average Bonchev–Trinajstić information content (AvgIpc) is 3.19. The van der Waals surface area contributed by atoms with Gasteiger partial charge < -0.3 is 14.6 Å². The first-order valence-corrected chi connectivity index (χ1v) is 10.3. The molecule has 0 spiro atoms. The lowest BCUT2D eigenvalue weighted by Gasteiger charge is -2.12. The highest BCUT2D eigenvalue weighted by Gasteiger charge is 2.08. The molecule has 0 saturated carbocycles. The Balaban J connectivity index is 1.32. The molecule has 5 nitrogen and oxygen atoms in total. The van der Waals surface area contributed by atoms with Crippen LogP contribution in [0, 0.1) is 6.92 Å². The van der Waals surface area contributed by atoms with Gasteiger partial charge in [0.05, 0.1) is 0 Å². The molecule has 1 heterocycles. The van der Waals surface area contributed by atoms with E-state index in [0.717, 1.165) is 41.4 Å². The molecule has 0 unspecified atom stereocenters. The molecule has 0 fully saturated rings. The van der Waals surface area contributed by atoms with Gasteiger partial charge in [-0.3, -0.25) is 4.79 Å². The Morgan fingerprint density at radius 2 is 1.68 bits per heavy atom. The molecule has 0 radical (unpaired) electrons. The van der Waals surface area contributed by atoms with E-state index in [0.29, 0.717) is 0 Å². The SMILES string of the molecule is Cc1nccn1Cc1ccc(NC(=O)COc2ccccc2Cc2ccccc2)cc1. The first-order chi connectivity index (χ1) is 15.2. The summed E-state index contributed by atoms with van der Waals surface area (Å²) in [6.07, 6.45) is 4.51. The van der Waals surface area contributed by atoms with E-state index in [1.54, 1.807) is 6.20 Å². The fraction of sp³-hybridized carbons (Fsp3) is 0.154. The van der Waals surface area contributed by atoms with Crippen LogP contribution in [0.2, 0.25) is 0 Å². The largest absolute Gasteiger partial charge is 0.483 e. The standard InChI is InChI=1S/C26H25N3O2/c1-20-27-15-16-29(20)18-22-11-13-24(14-12-22)28-26(30)19-31-25-10-6-5-9-23(25)17-21-7-3-2-4-8-21/h2-16H,17-19H2,1H3,(H,28,30). The molecule has 1 aromatic heterocycles. The monoisotopic (exact) mass is 411 g/mol. The summed E-state index contributed by atoms with van der Waals surface area (Å²) >= 11 is 0. The van der Waals surface area contributed by atoms with E-state index >= 15 is 0 Å². The molecular weight excluding hydrogens is 386 g/mol. The predicted octanol–water partition coefficient (Wildman–Crippen LogP) is 4.85. The summed E-state index contributed by atoms with van der Waals surface area (Å²) in [4.78, 5) is 16.6. The van der Waals surface area contributed by atoms with Gasteiger partial charge in [0, 0.05) is 31.0 Å². The second-order valence-corrected chi connectivity index (χ2v) is 7.41. The lowest BCUT2D eigenvalue weighted by atomic mass is 10.0. The Labute approximate surface area is 182 Å². The number of rotatable bonds is 8. The van der Waals surface area contributed by atoms with E-state index < -0.39 is 0 Å². The van der Waals surface area contributed by atoms with E-state index in [4.69, 9.17) is 4.74 Å². The summed E-state index contributed by atoms with van der Waals surface area (Å²) in [6.45, 7) is 2.69. The van der Waals surface area contributed by atoms with Crippen molar-refractivity contribution < 1.29 is 9.53 Å². The zero-order valence-corrected chi connectivity index (χ0v) is 17.5. The molecule has 5 heteroatoms. The first kappa shape index (κ1) is 20.4. The Morgan fingerprint density at radius 3 is 2.42 bits per heavy atom. The number of imidazole rings is 1. The summed E-state index contributed by atoms with van der Waals surface area (Å²) in [6, 6.07) is 25.9. The lowest BCUT2D eigenvalue weighted by molar-refractivity contribution is -0.118. The molecule has 0 aliphatic rings. The summed E-state index contributed by atoms with van der Waals surface area (Å²) in [5.74, 6) is 1.52. The quantitative estimate of drug-likeness (QED) is 0.451. The summed E-state index contributed by atoms with van der Waals surface area (Å²) in [7, 11) is 0. The fourth-order valence-corrected chi connectivity index (χ4v) is 3.41. The number of hydrogen-bond donors (Lipinski definition) is 1. The van der Waals surface area contributed by atoms with Crippen LogP contribution in [0.4, 0.5) is 5.69 Å². The predicted molar refractivity (Wildman–Crippen MR) is 122 cm³/mol. The molecular formula is C26H25N3O2. The Hall–Kier alpha value is -3.86. The summed E-state index contributed by atoms with van der Waals surface area (Å²) < 4.78 is 7.91. The van der Waals surface area contributed by atoms with Crippen LogP contribution in [-0.4, -0.2) is 22.1 Å². The maximum absolute atomic E-state index is 12.4. The third kappa shape index (κ3) is 5.60. The average molecular weight is 412 g/mol. The van der Waals surface area contributed by atoms with Gasteiger partial charge in [-0.15, -0.1) is 0 Å². The Morgan fingerprint density at radius 1 is 0.935 bits per heavy atom. The van der Waals surface area contributed by atoms with Crippen molar-refractivity contribution in [2.24, 2.45) is 0 Å². The Kier molecular flexibility index (Phi) is 6.43. The second-order valence-electron chi connectivity index (χ2n) is 7.41.